The highest BCUT2D eigenvalue weighted by molar-refractivity contribution is 5.93. The molecule has 0 aliphatic carbocycles. The minimum atomic E-state index is -0.145. The number of aryl methyl sites for hydroxylation is 1. The van der Waals surface area contributed by atoms with E-state index in [2.05, 4.69) is 21.9 Å². The molecule has 0 saturated heterocycles. The number of aromatic nitrogens is 3. The summed E-state index contributed by atoms with van der Waals surface area (Å²) in [6.07, 6.45) is 2.85. The van der Waals surface area contributed by atoms with E-state index in [4.69, 9.17) is 10.5 Å². The van der Waals surface area contributed by atoms with Crippen LogP contribution >= 0.6 is 0 Å². The number of pyridine rings is 1. The Morgan fingerprint density at radius 1 is 1.00 bits per heavy atom. The fourth-order valence-electron chi connectivity index (χ4n) is 2.18. The molecule has 3 aromatic rings. The van der Waals surface area contributed by atoms with Crippen LogP contribution in [-0.2, 0) is 6.42 Å². The van der Waals surface area contributed by atoms with Crippen molar-refractivity contribution in [2.75, 3.05) is 12.8 Å². The SMILES string of the molecule is CC.CC.CCc1ccccn1.COc1cccc(-c2cc(C(C)=O)nc(N)n2)c1. The van der Waals surface area contributed by atoms with Gasteiger partial charge in [-0.3, -0.25) is 9.78 Å². The molecule has 2 N–H and O–H groups in total. The lowest BCUT2D eigenvalue weighted by Gasteiger charge is -2.06. The van der Waals surface area contributed by atoms with Crippen molar-refractivity contribution in [3.63, 3.8) is 0 Å². The maximum atomic E-state index is 11.3. The van der Waals surface area contributed by atoms with Gasteiger partial charge in [0, 0.05) is 24.4 Å². The number of Topliss-reactive ketones (excluding diaryl/α,β-unsaturated/α-hetero) is 1. The maximum absolute atomic E-state index is 11.3. The number of methoxy groups -OCH3 is 1. The van der Waals surface area contributed by atoms with E-state index < -0.39 is 0 Å². The highest BCUT2D eigenvalue weighted by atomic mass is 16.5. The van der Waals surface area contributed by atoms with Gasteiger partial charge in [0.2, 0.25) is 5.95 Å². The molecule has 2 heterocycles. The van der Waals surface area contributed by atoms with Gasteiger partial charge in [0.1, 0.15) is 11.4 Å². The highest BCUT2D eigenvalue weighted by Gasteiger charge is 2.08. The van der Waals surface area contributed by atoms with Crippen LogP contribution in [0.5, 0.6) is 5.75 Å². The molecule has 0 unspecified atom stereocenters. The van der Waals surface area contributed by atoms with Crippen molar-refractivity contribution in [1.29, 1.82) is 0 Å². The van der Waals surface area contributed by atoms with E-state index in [0.29, 0.717) is 17.1 Å². The van der Waals surface area contributed by atoms with Gasteiger partial charge in [-0.15, -0.1) is 0 Å². The summed E-state index contributed by atoms with van der Waals surface area (Å²) < 4.78 is 5.14. The van der Waals surface area contributed by atoms with Crippen LogP contribution in [0.2, 0.25) is 0 Å². The highest BCUT2D eigenvalue weighted by Crippen LogP contribution is 2.23. The average molecular weight is 411 g/mol. The maximum Gasteiger partial charge on any atom is 0.221 e. The van der Waals surface area contributed by atoms with E-state index in [1.807, 2.05) is 76.4 Å². The second-order valence-electron chi connectivity index (χ2n) is 5.46. The zero-order chi connectivity index (χ0) is 22.9. The fraction of sp³-hybridized carbons (Fsp3) is 0.333. The molecule has 0 bridgehead atoms. The summed E-state index contributed by atoms with van der Waals surface area (Å²) in [4.78, 5) is 23.4. The standard InChI is InChI=1S/C13H13N3O2.C7H9N.2C2H6/c1-8(17)11-7-12(16-13(14)15-11)9-4-3-5-10(6-9)18-2;1-2-7-5-3-4-6-8-7;2*1-2/h3-7H,1-2H3,(H2,14,15,16);3-6H,2H2,1H3;2*1-2H3. The molecule has 0 aliphatic rings. The summed E-state index contributed by atoms with van der Waals surface area (Å²) in [7, 11) is 1.59. The molecule has 162 valence electrons. The number of ketones is 1. The van der Waals surface area contributed by atoms with E-state index in [9.17, 15) is 4.79 Å². The normalized spacial score (nSPS) is 8.90. The van der Waals surface area contributed by atoms with Crippen LogP contribution in [0, 0.1) is 0 Å². The number of hydrogen-bond acceptors (Lipinski definition) is 6. The Bertz CT molecular complexity index is 868. The molecule has 0 amide bonds. The average Bonchev–Trinajstić information content (AvgIpc) is 2.82. The van der Waals surface area contributed by atoms with Crippen molar-refractivity contribution >= 4 is 11.7 Å². The summed E-state index contributed by atoms with van der Waals surface area (Å²) >= 11 is 0. The summed E-state index contributed by atoms with van der Waals surface area (Å²) in [5.41, 5.74) is 8.49. The van der Waals surface area contributed by atoms with Crippen molar-refractivity contribution in [3.05, 3.63) is 66.1 Å². The molecular formula is C24H34N4O2. The van der Waals surface area contributed by atoms with E-state index >= 15 is 0 Å². The number of nitrogens with zero attached hydrogens (tertiary/aromatic N) is 3. The Morgan fingerprint density at radius 3 is 2.20 bits per heavy atom. The molecule has 6 heteroatoms. The minimum absolute atomic E-state index is 0.0838. The Balaban J connectivity index is 0.000000585. The molecule has 0 radical (unpaired) electrons. The van der Waals surface area contributed by atoms with Gasteiger partial charge in [-0.05, 0) is 36.8 Å². The van der Waals surface area contributed by atoms with Crippen LogP contribution in [0.4, 0.5) is 5.95 Å². The summed E-state index contributed by atoms with van der Waals surface area (Å²) in [6.45, 7) is 11.5. The van der Waals surface area contributed by atoms with Crippen molar-refractivity contribution < 1.29 is 9.53 Å². The summed E-state index contributed by atoms with van der Waals surface area (Å²) in [6, 6.07) is 15.0. The van der Waals surface area contributed by atoms with Crippen LogP contribution in [0.25, 0.3) is 11.3 Å². The molecule has 6 nitrogen and oxygen atoms in total. The number of hydrogen-bond donors (Lipinski definition) is 1. The minimum Gasteiger partial charge on any atom is -0.497 e. The predicted molar refractivity (Wildman–Crippen MR) is 125 cm³/mol. The molecule has 1 aromatic carbocycles. The third-order valence-electron chi connectivity index (χ3n) is 3.56. The molecule has 0 aliphatic heterocycles. The smallest absolute Gasteiger partial charge is 0.221 e. The number of carbonyl (C=O) groups excluding carboxylic acids is 1. The first-order valence-electron chi connectivity index (χ1n) is 10.2. The fourth-order valence-corrected chi connectivity index (χ4v) is 2.18. The van der Waals surface area contributed by atoms with Crippen LogP contribution in [-0.4, -0.2) is 27.8 Å². The second-order valence-corrected chi connectivity index (χ2v) is 5.46. The first-order valence-corrected chi connectivity index (χ1v) is 10.2. The molecule has 2 aromatic heterocycles. The van der Waals surface area contributed by atoms with Crippen molar-refractivity contribution in [1.82, 2.24) is 15.0 Å². The zero-order valence-corrected chi connectivity index (χ0v) is 19.1. The number of carbonyl (C=O) groups is 1. The van der Waals surface area contributed by atoms with Crippen LogP contribution < -0.4 is 10.5 Å². The lowest BCUT2D eigenvalue weighted by atomic mass is 10.1. The molecule has 0 fully saturated rings. The molecule has 0 spiro atoms. The zero-order valence-electron chi connectivity index (χ0n) is 19.1. The largest absolute Gasteiger partial charge is 0.497 e. The van der Waals surface area contributed by atoms with Crippen molar-refractivity contribution in [3.8, 4) is 17.0 Å². The van der Waals surface area contributed by atoms with Gasteiger partial charge in [-0.2, -0.15) is 0 Å². The second kappa shape index (κ2) is 15.6. The first-order chi connectivity index (χ1) is 14.5. The van der Waals surface area contributed by atoms with Gasteiger partial charge >= 0.3 is 0 Å². The first kappa shape index (κ1) is 26.7. The summed E-state index contributed by atoms with van der Waals surface area (Å²) in [5, 5.41) is 0. The lowest BCUT2D eigenvalue weighted by molar-refractivity contribution is 0.101. The Morgan fingerprint density at radius 2 is 1.70 bits per heavy atom. The van der Waals surface area contributed by atoms with Gasteiger partial charge in [-0.1, -0.05) is 52.8 Å². The van der Waals surface area contributed by atoms with Crippen molar-refractivity contribution in [2.24, 2.45) is 0 Å². The monoisotopic (exact) mass is 410 g/mol. The molecular weight excluding hydrogens is 376 g/mol. The predicted octanol–water partition coefficient (Wildman–Crippen LogP) is 5.63. The van der Waals surface area contributed by atoms with Crippen LogP contribution in [0.15, 0.2) is 54.7 Å². The van der Waals surface area contributed by atoms with Crippen molar-refractivity contribution in [2.45, 2.75) is 48.0 Å². The third kappa shape index (κ3) is 9.28. The van der Waals surface area contributed by atoms with Crippen LogP contribution in [0.1, 0.15) is 57.7 Å². The number of nitrogens with two attached hydrogens (primary N) is 1. The van der Waals surface area contributed by atoms with Gasteiger partial charge in [0.25, 0.3) is 0 Å². The Kier molecular flexibility index (Phi) is 13.9. The number of anilines is 1. The summed E-state index contributed by atoms with van der Waals surface area (Å²) in [5.74, 6) is 0.655. The number of benzene rings is 1. The molecule has 0 saturated carbocycles. The van der Waals surface area contributed by atoms with E-state index in [1.54, 1.807) is 13.2 Å². The number of nitrogen functional groups attached to an aromatic ring is 1. The van der Waals surface area contributed by atoms with Gasteiger partial charge in [0.05, 0.1) is 12.8 Å². The third-order valence-corrected chi connectivity index (χ3v) is 3.56. The Hall–Kier alpha value is -3.28. The van der Waals surface area contributed by atoms with Gasteiger partial charge in [0.15, 0.2) is 5.78 Å². The van der Waals surface area contributed by atoms with Gasteiger partial charge < -0.3 is 10.5 Å². The molecule has 30 heavy (non-hydrogen) atoms. The van der Waals surface area contributed by atoms with E-state index in [0.717, 1.165) is 17.7 Å². The quantitative estimate of drug-likeness (QED) is 0.560. The van der Waals surface area contributed by atoms with E-state index in [1.165, 1.54) is 6.92 Å². The topological polar surface area (TPSA) is 91.0 Å². The lowest BCUT2D eigenvalue weighted by Crippen LogP contribution is -2.04. The number of rotatable bonds is 4. The van der Waals surface area contributed by atoms with E-state index in [-0.39, 0.29) is 11.7 Å². The Labute approximate surface area is 180 Å². The molecule has 0 atom stereocenters. The van der Waals surface area contributed by atoms with Gasteiger partial charge in [-0.25, -0.2) is 9.97 Å². The number of ether oxygens (including phenoxy) is 1. The molecule has 3 rings (SSSR count). The van der Waals surface area contributed by atoms with Crippen LogP contribution in [0.3, 0.4) is 0 Å².